The summed E-state index contributed by atoms with van der Waals surface area (Å²) >= 11 is 5.67. The molecule has 0 aliphatic carbocycles. The van der Waals surface area contributed by atoms with Crippen molar-refractivity contribution in [2.24, 2.45) is 11.8 Å². The van der Waals surface area contributed by atoms with E-state index in [0.29, 0.717) is 17.7 Å². The van der Waals surface area contributed by atoms with Crippen LogP contribution in [0.15, 0.2) is 24.5 Å². The van der Waals surface area contributed by atoms with Gasteiger partial charge in [-0.05, 0) is 30.0 Å². The van der Waals surface area contributed by atoms with E-state index in [1.165, 1.54) is 18.5 Å². The predicted octanol–water partition coefficient (Wildman–Crippen LogP) is 5.59. The van der Waals surface area contributed by atoms with E-state index in [0.717, 1.165) is 19.2 Å². The molecule has 2 aromatic rings. The number of nitrogens with two attached hydrogens (primary N) is 1. The fourth-order valence-electron chi connectivity index (χ4n) is 2.82. The minimum atomic E-state index is -4.55. The topological polar surface area (TPSA) is 67.1 Å². The van der Waals surface area contributed by atoms with Gasteiger partial charge in [-0.1, -0.05) is 39.3 Å². The summed E-state index contributed by atoms with van der Waals surface area (Å²) in [5, 5.41) is 2.49. The van der Waals surface area contributed by atoms with Gasteiger partial charge in [0, 0.05) is 18.8 Å². The standard InChI is InChI=1S/C19H25ClF3N5/c1-11(2)8-28(9-12(3)4)18-16(24)17(25-10-26-18)27-13-5-6-15(20)14(7-13)19(21,22)23/h5-7,10-12H,8-9,24H2,1-4H3,(H,25,26,27). The number of hydrogen-bond donors (Lipinski definition) is 2. The minimum absolute atomic E-state index is 0.187. The number of hydrogen-bond acceptors (Lipinski definition) is 5. The van der Waals surface area contributed by atoms with Gasteiger partial charge in [0.05, 0.1) is 10.6 Å². The highest BCUT2D eigenvalue weighted by Gasteiger charge is 2.33. The molecule has 0 spiro atoms. The Bertz CT molecular complexity index is 799. The van der Waals surface area contributed by atoms with Gasteiger partial charge in [-0.2, -0.15) is 13.2 Å². The lowest BCUT2D eigenvalue weighted by Crippen LogP contribution is -2.32. The fraction of sp³-hybridized carbons (Fsp3) is 0.474. The number of nitrogen functional groups attached to an aromatic ring is 1. The summed E-state index contributed by atoms with van der Waals surface area (Å²) in [5.41, 5.74) is 5.81. The highest BCUT2D eigenvalue weighted by molar-refractivity contribution is 6.31. The Balaban J connectivity index is 2.37. The maximum atomic E-state index is 13.1. The average Bonchev–Trinajstić information content (AvgIpc) is 2.56. The number of halogens is 4. The Morgan fingerprint density at radius 2 is 1.71 bits per heavy atom. The Hall–Kier alpha value is -2.22. The Labute approximate surface area is 168 Å². The summed E-state index contributed by atoms with van der Waals surface area (Å²) < 4.78 is 39.3. The SMILES string of the molecule is CC(C)CN(CC(C)C)c1ncnc(Nc2ccc(Cl)c(C(F)(F)F)c2)c1N. The van der Waals surface area contributed by atoms with Crippen LogP contribution in [0.25, 0.3) is 0 Å². The Morgan fingerprint density at radius 1 is 1.11 bits per heavy atom. The van der Waals surface area contributed by atoms with Gasteiger partial charge in [0.2, 0.25) is 0 Å². The first-order valence-electron chi connectivity index (χ1n) is 8.98. The molecule has 0 amide bonds. The summed E-state index contributed by atoms with van der Waals surface area (Å²) in [7, 11) is 0. The zero-order valence-corrected chi connectivity index (χ0v) is 17.1. The van der Waals surface area contributed by atoms with Crippen LogP contribution in [0.1, 0.15) is 33.3 Å². The van der Waals surface area contributed by atoms with Gasteiger partial charge in [0.1, 0.15) is 12.0 Å². The van der Waals surface area contributed by atoms with Crippen LogP contribution in [-0.2, 0) is 6.18 Å². The molecular weight excluding hydrogens is 391 g/mol. The maximum Gasteiger partial charge on any atom is 0.417 e. The molecule has 0 atom stereocenters. The maximum absolute atomic E-state index is 13.1. The number of anilines is 4. The van der Waals surface area contributed by atoms with E-state index in [1.807, 2.05) is 0 Å². The number of nitrogens with one attached hydrogen (secondary N) is 1. The molecule has 2 rings (SSSR count). The lowest BCUT2D eigenvalue weighted by atomic mass is 10.1. The second-order valence-electron chi connectivity index (χ2n) is 7.47. The van der Waals surface area contributed by atoms with Crippen molar-refractivity contribution >= 4 is 34.6 Å². The first-order valence-corrected chi connectivity index (χ1v) is 9.36. The summed E-state index contributed by atoms with van der Waals surface area (Å²) in [5.74, 6) is 1.58. The van der Waals surface area contributed by atoms with Gasteiger partial charge < -0.3 is 16.0 Å². The molecule has 0 unspecified atom stereocenters. The van der Waals surface area contributed by atoms with Crippen molar-refractivity contribution in [2.75, 3.05) is 29.0 Å². The van der Waals surface area contributed by atoms with Gasteiger partial charge in [-0.15, -0.1) is 0 Å². The molecule has 0 bridgehead atoms. The quantitative estimate of drug-likeness (QED) is 0.616. The van der Waals surface area contributed by atoms with Crippen molar-refractivity contribution in [3.63, 3.8) is 0 Å². The molecule has 3 N–H and O–H groups in total. The van der Waals surface area contributed by atoms with Gasteiger partial charge in [-0.3, -0.25) is 0 Å². The zero-order chi connectivity index (χ0) is 21.1. The largest absolute Gasteiger partial charge is 0.417 e. The van der Waals surface area contributed by atoms with E-state index in [2.05, 4.69) is 47.9 Å². The van der Waals surface area contributed by atoms with Crippen LogP contribution in [0.3, 0.4) is 0 Å². The van der Waals surface area contributed by atoms with Crippen molar-refractivity contribution in [2.45, 2.75) is 33.9 Å². The molecule has 1 aromatic carbocycles. The number of nitrogens with zero attached hydrogens (tertiary/aromatic N) is 3. The predicted molar refractivity (Wildman–Crippen MR) is 108 cm³/mol. The first kappa shape index (κ1) is 22.1. The van der Waals surface area contributed by atoms with Gasteiger partial charge in [0.15, 0.2) is 11.6 Å². The van der Waals surface area contributed by atoms with E-state index < -0.39 is 11.7 Å². The molecule has 0 aliphatic heterocycles. The molecule has 154 valence electrons. The molecule has 9 heteroatoms. The molecule has 0 aliphatic rings. The monoisotopic (exact) mass is 415 g/mol. The van der Waals surface area contributed by atoms with Gasteiger partial charge in [0.25, 0.3) is 0 Å². The van der Waals surface area contributed by atoms with Crippen molar-refractivity contribution in [3.05, 3.63) is 35.1 Å². The van der Waals surface area contributed by atoms with Crippen LogP contribution in [0.5, 0.6) is 0 Å². The molecule has 0 fully saturated rings. The van der Waals surface area contributed by atoms with Gasteiger partial charge >= 0.3 is 6.18 Å². The Kier molecular flexibility index (Phi) is 6.98. The molecule has 0 saturated heterocycles. The van der Waals surface area contributed by atoms with Crippen LogP contribution in [0, 0.1) is 11.8 Å². The molecule has 1 heterocycles. The second-order valence-corrected chi connectivity index (χ2v) is 7.88. The number of alkyl halides is 3. The van der Waals surface area contributed by atoms with Crippen LogP contribution < -0.4 is 16.0 Å². The van der Waals surface area contributed by atoms with Crippen LogP contribution in [0.2, 0.25) is 5.02 Å². The minimum Gasteiger partial charge on any atom is -0.393 e. The highest BCUT2D eigenvalue weighted by atomic mass is 35.5. The lowest BCUT2D eigenvalue weighted by molar-refractivity contribution is -0.137. The lowest BCUT2D eigenvalue weighted by Gasteiger charge is -2.28. The third-order valence-corrected chi connectivity index (χ3v) is 4.20. The van der Waals surface area contributed by atoms with Crippen molar-refractivity contribution in [3.8, 4) is 0 Å². The first-order chi connectivity index (χ1) is 13.0. The smallest absolute Gasteiger partial charge is 0.393 e. The van der Waals surface area contributed by atoms with Gasteiger partial charge in [-0.25, -0.2) is 9.97 Å². The summed E-state index contributed by atoms with van der Waals surface area (Å²) in [6.07, 6.45) is -3.20. The van der Waals surface area contributed by atoms with E-state index in [1.54, 1.807) is 0 Å². The highest BCUT2D eigenvalue weighted by Crippen LogP contribution is 2.37. The zero-order valence-electron chi connectivity index (χ0n) is 16.3. The number of benzene rings is 1. The molecule has 1 aromatic heterocycles. The summed E-state index contributed by atoms with van der Waals surface area (Å²) in [4.78, 5) is 10.5. The summed E-state index contributed by atoms with van der Waals surface area (Å²) in [6, 6.07) is 3.57. The van der Waals surface area contributed by atoms with E-state index in [9.17, 15) is 13.2 Å². The van der Waals surface area contributed by atoms with E-state index >= 15 is 0 Å². The average molecular weight is 416 g/mol. The van der Waals surface area contributed by atoms with Crippen LogP contribution in [0.4, 0.5) is 36.2 Å². The van der Waals surface area contributed by atoms with Crippen molar-refractivity contribution in [1.82, 2.24) is 9.97 Å². The number of rotatable bonds is 7. The molecule has 0 radical (unpaired) electrons. The van der Waals surface area contributed by atoms with Crippen LogP contribution in [-0.4, -0.2) is 23.1 Å². The van der Waals surface area contributed by atoms with Crippen molar-refractivity contribution < 1.29 is 13.2 Å². The summed E-state index contributed by atoms with van der Waals surface area (Å²) in [6.45, 7) is 9.87. The van der Waals surface area contributed by atoms with E-state index in [4.69, 9.17) is 17.3 Å². The second kappa shape index (κ2) is 8.86. The Morgan fingerprint density at radius 3 is 2.25 bits per heavy atom. The molecule has 0 saturated carbocycles. The molecular formula is C19H25ClF3N5. The third kappa shape index (κ3) is 5.64. The fourth-order valence-corrected chi connectivity index (χ4v) is 3.05. The normalized spacial score (nSPS) is 11.9. The van der Waals surface area contributed by atoms with Crippen LogP contribution >= 0.6 is 11.6 Å². The molecule has 5 nitrogen and oxygen atoms in total. The van der Waals surface area contributed by atoms with Crippen molar-refractivity contribution in [1.29, 1.82) is 0 Å². The van der Waals surface area contributed by atoms with E-state index in [-0.39, 0.29) is 22.2 Å². The molecule has 28 heavy (non-hydrogen) atoms. The number of aromatic nitrogens is 2. The third-order valence-electron chi connectivity index (χ3n) is 3.87.